The lowest BCUT2D eigenvalue weighted by molar-refractivity contribution is -0.131. The van der Waals surface area contributed by atoms with Crippen molar-refractivity contribution in [3.05, 3.63) is 135 Å². The summed E-state index contributed by atoms with van der Waals surface area (Å²) in [5.41, 5.74) is 0.280. The molecule has 298 valence electrons. The maximum Gasteiger partial charge on any atom is 0.337 e. The van der Waals surface area contributed by atoms with Crippen molar-refractivity contribution >= 4 is 45.4 Å². The molecular formula is C38H32F2N9O8S-. The van der Waals surface area contributed by atoms with Crippen LogP contribution in [0.15, 0.2) is 95.2 Å². The van der Waals surface area contributed by atoms with Crippen molar-refractivity contribution in [1.29, 1.82) is 0 Å². The Kier molecular flexibility index (Phi) is 11.5. The number of carbonyl (C=O) groups excluding carboxylic acids is 2. The van der Waals surface area contributed by atoms with E-state index in [1.54, 1.807) is 24.5 Å². The van der Waals surface area contributed by atoms with E-state index in [1.165, 1.54) is 66.0 Å². The van der Waals surface area contributed by atoms with Gasteiger partial charge >= 0.3 is 5.69 Å². The van der Waals surface area contributed by atoms with E-state index in [2.05, 4.69) is 25.3 Å². The van der Waals surface area contributed by atoms with Crippen LogP contribution in [0.5, 0.6) is 0 Å². The normalized spacial score (nSPS) is 14.2. The lowest BCUT2D eigenvalue weighted by Crippen LogP contribution is -2.47. The molecule has 17 nitrogen and oxygen atoms in total. The molecule has 0 bridgehead atoms. The second-order valence-electron chi connectivity index (χ2n) is 13.2. The van der Waals surface area contributed by atoms with Crippen LogP contribution in [0.2, 0.25) is 0 Å². The third kappa shape index (κ3) is 7.98. The lowest BCUT2D eigenvalue weighted by Gasteiger charge is -2.27. The molecule has 1 aliphatic rings. The molecule has 4 aromatic heterocycles. The first-order chi connectivity index (χ1) is 27.9. The molecule has 1 fully saturated rings. The summed E-state index contributed by atoms with van der Waals surface area (Å²) in [6, 6.07) is 9.52. The predicted octanol–water partition coefficient (Wildman–Crippen LogP) is 2.89. The van der Waals surface area contributed by atoms with Crippen molar-refractivity contribution in [2.24, 2.45) is 7.05 Å². The minimum absolute atomic E-state index is 0.0465. The molecule has 1 aliphatic heterocycles. The van der Waals surface area contributed by atoms with Gasteiger partial charge in [0.25, 0.3) is 17.4 Å². The number of hydroxylamine groups is 1. The number of benzene rings is 2. The highest BCUT2D eigenvalue weighted by molar-refractivity contribution is 7.81. The van der Waals surface area contributed by atoms with Gasteiger partial charge in [0.2, 0.25) is 0 Å². The van der Waals surface area contributed by atoms with Gasteiger partial charge in [0.05, 0.1) is 45.3 Å². The number of carbonyl (C=O) groups is 2. The molecule has 1 saturated heterocycles. The van der Waals surface area contributed by atoms with E-state index in [0.29, 0.717) is 52.1 Å². The highest BCUT2D eigenvalue weighted by atomic mass is 32.2. The van der Waals surface area contributed by atoms with Crippen molar-refractivity contribution in [3.8, 4) is 16.9 Å². The van der Waals surface area contributed by atoms with Crippen LogP contribution in [0.3, 0.4) is 0 Å². The van der Waals surface area contributed by atoms with Gasteiger partial charge in [0.15, 0.2) is 0 Å². The van der Waals surface area contributed by atoms with E-state index in [-0.39, 0.29) is 34.8 Å². The van der Waals surface area contributed by atoms with Crippen LogP contribution in [0.4, 0.5) is 20.2 Å². The molecule has 7 rings (SSSR count). The number of hydrogen-bond acceptors (Lipinski definition) is 12. The molecule has 1 unspecified atom stereocenters. The highest BCUT2D eigenvalue weighted by Gasteiger charge is 2.27. The van der Waals surface area contributed by atoms with Gasteiger partial charge in [-0.05, 0) is 54.3 Å². The van der Waals surface area contributed by atoms with Crippen LogP contribution >= 0.6 is 0 Å². The second kappa shape index (κ2) is 16.9. The number of fused-ring (bicyclic) bond motifs is 1. The van der Waals surface area contributed by atoms with E-state index in [1.807, 2.05) is 0 Å². The quantitative estimate of drug-likeness (QED) is 0.0976. The van der Waals surface area contributed by atoms with Crippen molar-refractivity contribution in [3.63, 3.8) is 0 Å². The fraction of sp³-hybridized carbons (Fsp3) is 0.211. The molecule has 0 aliphatic carbocycles. The highest BCUT2D eigenvalue weighted by Crippen LogP contribution is 2.33. The van der Waals surface area contributed by atoms with Crippen molar-refractivity contribution in [2.75, 3.05) is 17.5 Å². The van der Waals surface area contributed by atoms with Gasteiger partial charge in [-0.25, -0.2) is 38.6 Å². The van der Waals surface area contributed by atoms with Crippen molar-refractivity contribution in [1.82, 2.24) is 39.9 Å². The van der Waals surface area contributed by atoms with Crippen LogP contribution < -0.4 is 26.4 Å². The zero-order valence-electron chi connectivity index (χ0n) is 30.4. The summed E-state index contributed by atoms with van der Waals surface area (Å²) in [6.45, 7) is 1.28. The van der Waals surface area contributed by atoms with Crippen LogP contribution in [-0.2, 0) is 34.3 Å². The topological polar surface area (TPSA) is 227 Å². The standard InChI is InChI=1S/C38H33F2N9O8S/c1-47-32-20-41-11-8-26(32)37(52)48(38(47)53)33-7-2-21(17-42-33)14-30(36(51)46-54)45-35(50)27-15-29(40)31(16-28(27)39)49(58(55)56)25-5-3-22(4-6-25)24-18-43-34(44-19-24)23-9-12-57-13-10-23/h2-8,11,15-20,23,30,54H,9-10,12-14H2,1H3,(H,45,50)(H,46,51)(H,55,56)/p-1/t30-/m0/s1. The zero-order valence-corrected chi connectivity index (χ0v) is 31.2. The number of aryl methyl sites for hydroxylation is 1. The first-order valence-corrected chi connectivity index (χ1v) is 18.6. The average molecular weight is 813 g/mol. The molecule has 20 heteroatoms. The van der Waals surface area contributed by atoms with Crippen LogP contribution in [0, 0.1) is 11.6 Å². The fourth-order valence-corrected chi connectivity index (χ4v) is 7.13. The molecule has 0 spiro atoms. The average Bonchev–Trinajstić information content (AvgIpc) is 3.24. The van der Waals surface area contributed by atoms with Crippen LogP contribution in [-0.4, -0.2) is 74.1 Å². The summed E-state index contributed by atoms with van der Waals surface area (Å²) in [5.74, 6) is -4.16. The van der Waals surface area contributed by atoms with Gasteiger partial charge < -0.3 is 14.6 Å². The van der Waals surface area contributed by atoms with E-state index in [4.69, 9.17) is 4.74 Å². The Hall–Kier alpha value is -6.61. The van der Waals surface area contributed by atoms with Crippen LogP contribution in [0.25, 0.3) is 27.8 Å². The second-order valence-corrected chi connectivity index (χ2v) is 14.0. The molecule has 0 saturated carbocycles. The molecule has 3 N–H and O–H groups in total. The minimum Gasteiger partial charge on any atom is -0.755 e. The Morgan fingerprint density at radius 3 is 2.36 bits per heavy atom. The van der Waals surface area contributed by atoms with Gasteiger partial charge in [-0.3, -0.25) is 37.7 Å². The number of nitrogens with one attached hydrogen (secondary N) is 2. The maximum absolute atomic E-state index is 15.6. The minimum atomic E-state index is -3.15. The van der Waals surface area contributed by atoms with E-state index in [0.717, 1.165) is 17.4 Å². The third-order valence-electron chi connectivity index (χ3n) is 9.63. The number of halogens is 2. The third-order valence-corrected chi connectivity index (χ3v) is 10.3. The summed E-state index contributed by atoms with van der Waals surface area (Å²) in [5, 5.41) is 11.8. The number of aromatic nitrogens is 6. The summed E-state index contributed by atoms with van der Waals surface area (Å²) in [4.78, 5) is 69.1. The lowest BCUT2D eigenvalue weighted by atomic mass is 9.99. The maximum atomic E-state index is 15.6. The van der Waals surface area contributed by atoms with Gasteiger partial charge in [-0.2, -0.15) is 0 Å². The number of rotatable bonds is 11. The zero-order chi connectivity index (χ0) is 41.1. The molecule has 0 radical (unpaired) electrons. The molecule has 2 atom stereocenters. The number of ether oxygens (including phenoxy) is 1. The first kappa shape index (κ1) is 39.6. The number of anilines is 2. The summed E-state index contributed by atoms with van der Waals surface area (Å²) >= 11 is -3.15. The Balaban J connectivity index is 1.07. The molecular weight excluding hydrogens is 781 g/mol. The molecule has 58 heavy (non-hydrogen) atoms. The number of amides is 2. The SMILES string of the molecule is Cn1c(=O)n(-c2ccc(C[C@H](NC(=O)c3cc(F)c(N(c4ccc(-c5cnc(C6CCOCC6)nc5)cc4)S(=O)[O-])cc3F)C(=O)NO)cn2)c(=O)c2ccncc21. The summed E-state index contributed by atoms with van der Waals surface area (Å²) < 4.78 is 63.9. The Labute approximate surface area is 329 Å². The summed E-state index contributed by atoms with van der Waals surface area (Å²) in [7, 11) is 1.46. The van der Waals surface area contributed by atoms with Gasteiger partial charge in [-0.1, -0.05) is 18.2 Å². The van der Waals surface area contributed by atoms with Gasteiger partial charge in [0, 0.05) is 69.0 Å². The molecule has 2 amide bonds. The Morgan fingerprint density at radius 2 is 1.71 bits per heavy atom. The van der Waals surface area contributed by atoms with Crippen molar-refractivity contribution < 1.29 is 37.1 Å². The summed E-state index contributed by atoms with van der Waals surface area (Å²) in [6.07, 6.45) is 8.59. The largest absolute Gasteiger partial charge is 0.755 e. The van der Waals surface area contributed by atoms with Gasteiger partial charge in [0.1, 0.15) is 29.3 Å². The fourth-order valence-electron chi connectivity index (χ4n) is 6.54. The molecule has 2 aromatic carbocycles. The van der Waals surface area contributed by atoms with Gasteiger partial charge in [-0.15, -0.1) is 0 Å². The monoisotopic (exact) mass is 812 g/mol. The van der Waals surface area contributed by atoms with Crippen LogP contribution in [0.1, 0.15) is 40.5 Å². The predicted molar refractivity (Wildman–Crippen MR) is 203 cm³/mol. The van der Waals surface area contributed by atoms with Crippen molar-refractivity contribution in [2.45, 2.75) is 31.2 Å². The van der Waals surface area contributed by atoms with E-state index >= 15 is 8.78 Å². The number of pyridine rings is 2. The van der Waals surface area contributed by atoms with E-state index in [9.17, 15) is 33.1 Å². The molecule has 6 aromatic rings. The number of hydrogen-bond donors (Lipinski definition) is 3. The number of nitrogens with zero attached hydrogens (tertiary/aromatic N) is 7. The first-order valence-electron chi connectivity index (χ1n) is 17.6. The van der Waals surface area contributed by atoms with E-state index < -0.39 is 63.3 Å². The Bertz CT molecular complexity index is 2660. The smallest absolute Gasteiger partial charge is 0.337 e. The molecule has 5 heterocycles. The Morgan fingerprint density at radius 1 is 0.983 bits per heavy atom.